The van der Waals surface area contributed by atoms with Crippen molar-refractivity contribution in [3.8, 4) is 0 Å². The summed E-state index contributed by atoms with van der Waals surface area (Å²) < 4.78 is 5.50. The number of benzene rings is 1. The monoisotopic (exact) mass is 332 g/mol. The number of guanidine groups is 1. The third-order valence-electron chi connectivity index (χ3n) is 3.77. The van der Waals surface area contributed by atoms with Crippen LogP contribution in [0.25, 0.3) is 0 Å². The van der Waals surface area contributed by atoms with Gasteiger partial charge in [-0.3, -0.25) is 4.99 Å². The van der Waals surface area contributed by atoms with E-state index >= 15 is 0 Å². The molecule has 1 amide bonds. The highest BCUT2D eigenvalue weighted by atomic mass is 16.6. The summed E-state index contributed by atoms with van der Waals surface area (Å²) in [7, 11) is 0. The van der Waals surface area contributed by atoms with Gasteiger partial charge in [0, 0.05) is 12.2 Å². The van der Waals surface area contributed by atoms with Gasteiger partial charge in [-0.2, -0.15) is 0 Å². The summed E-state index contributed by atoms with van der Waals surface area (Å²) in [6.45, 7) is 6.82. The van der Waals surface area contributed by atoms with Crippen LogP contribution < -0.4 is 11.1 Å². The zero-order chi connectivity index (χ0) is 17.6. The largest absolute Gasteiger partial charge is 0.444 e. The maximum Gasteiger partial charge on any atom is 0.410 e. The Bertz CT molecular complexity index is 566. The fourth-order valence-electron chi connectivity index (χ4n) is 2.66. The average Bonchev–Trinajstić information content (AvgIpc) is 2.52. The number of hydrogen-bond acceptors (Lipinski definition) is 3. The molecule has 0 saturated carbocycles. The summed E-state index contributed by atoms with van der Waals surface area (Å²) in [5, 5.41) is 3.06. The van der Waals surface area contributed by atoms with Crippen LogP contribution in [-0.2, 0) is 4.74 Å². The number of carbonyl (C=O) groups excluding carboxylic acids is 1. The molecule has 1 aliphatic heterocycles. The second-order valence-corrected chi connectivity index (χ2v) is 7.04. The van der Waals surface area contributed by atoms with Crippen LogP contribution in [0.1, 0.15) is 40.0 Å². The van der Waals surface area contributed by atoms with Gasteiger partial charge in [0.1, 0.15) is 5.60 Å². The molecule has 0 aliphatic carbocycles. The molecule has 24 heavy (non-hydrogen) atoms. The van der Waals surface area contributed by atoms with Gasteiger partial charge in [0.15, 0.2) is 5.96 Å². The van der Waals surface area contributed by atoms with Crippen molar-refractivity contribution in [1.29, 1.82) is 0 Å². The van der Waals surface area contributed by atoms with Gasteiger partial charge < -0.3 is 20.7 Å². The van der Waals surface area contributed by atoms with E-state index in [9.17, 15) is 4.79 Å². The molecular formula is C18H28N4O2. The number of rotatable bonds is 3. The molecule has 0 aromatic heterocycles. The molecule has 1 fully saturated rings. The van der Waals surface area contributed by atoms with Crippen molar-refractivity contribution >= 4 is 17.7 Å². The lowest BCUT2D eigenvalue weighted by molar-refractivity contribution is 0.0110. The van der Waals surface area contributed by atoms with Crippen LogP contribution in [-0.4, -0.2) is 41.7 Å². The number of nitrogens with zero attached hydrogens (tertiary/aromatic N) is 2. The molecule has 1 aromatic carbocycles. The Hall–Kier alpha value is -2.24. The number of ether oxygens (including phenoxy) is 1. The van der Waals surface area contributed by atoms with Crippen molar-refractivity contribution in [3.63, 3.8) is 0 Å². The molecule has 6 nitrogen and oxygen atoms in total. The van der Waals surface area contributed by atoms with Crippen molar-refractivity contribution in [3.05, 3.63) is 30.3 Å². The molecule has 132 valence electrons. The normalized spacial score (nSPS) is 19.0. The van der Waals surface area contributed by atoms with Crippen LogP contribution in [0.15, 0.2) is 35.3 Å². The zero-order valence-corrected chi connectivity index (χ0v) is 14.8. The zero-order valence-electron chi connectivity index (χ0n) is 14.8. The molecule has 6 heteroatoms. The number of amides is 1. The van der Waals surface area contributed by atoms with Crippen molar-refractivity contribution in [2.75, 3.05) is 18.4 Å². The van der Waals surface area contributed by atoms with E-state index in [1.165, 1.54) is 0 Å². The predicted molar refractivity (Wildman–Crippen MR) is 97.1 cm³/mol. The predicted octanol–water partition coefficient (Wildman–Crippen LogP) is 3.20. The van der Waals surface area contributed by atoms with E-state index in [1.54, 1.807) is 4.90 Å². The van der Waals surface area contributed by atoms with Gasteiger partial charge in [-0.1, -0.05) is 18.2 Å². The minimum Gasteiger partial charge on any atom is -0.444 e. The van der Waals surface area contributed by atoms with Crippen molar-refractivity contribution in [1.82, 2.24) is 4.90 Å². The van der Waals surface area contributed by atoms with Crippen molar-refractivity contribution < 1.29 is 9.53 Å². The number of piperidine rings is 1. The molecule has 0 bridgehead atoms. The highest BCUT2D eigenvalue weighted by molar-refractivity contribution is 5.92. The van der Waals surface area contributed by atoms with Crippen LogP contribution in [0.4, 0.5) is 10.5 Å². The Morgan fingerprint density at radius 1 is 1.33 bits per heavy atom. The smallest absolute Gasteiger partial charge is 0.410 e. The molecule has 0 radical (unpaired) electrons. The van der Waals surface area contributed by atoms with E-state index in [2.05, 4.69) is 10.3 Å². The van der Waals surface area contributed by atoms with Crippen molar-refractivity contribution in [2.24, 2.45) is 10.7 Å². The van der Waals surface area contributed by atoms with Crippen LogP contribution in [0.5, 0.6) is 0 Å². The Kier molecular flexibility index (Phi) is 6.06. The fourth-order valence-corrected chi connectivity index (χ4v) is 2.66. The molecule has 3 N–H and O–H groups in total. The molecule has 1 aliphatic rings. The van der Waals surface area contributed by atoms with E-state index in [0.29, 0.717) is 19.0 Å². The van der Waals surface area contributed by atoms with E-state index in [1.807, 2.05) is 51.1 Å². The number of nitrogens with one attached hydrogen (secondary N) is 1. The lowest BCUT2D eigenvalue weighted by Crippen LogP contribution is -2.47. The molecule has 1 unspecified atom stereocenters. The fraction of sp³-hybridized carbons (Fsp3) is 0.556. The van der Waals surface area contributed by atoms with Gasteiger partial charge in [-0.15, -0.1) is 0 Å². The molecule has 1 atom stereocenters. The van der Waals surface area contributed by atoms with Gasteiger partial charge in [-0.05, 0) is 52.2 Å². The first-order chi connectivity index (χ1) is 11.3. The number of hydrogen-bond donors (Lipinski definition) is 2. The second-order valence-electron chi connectivity index (χ2n) is 7.04. The van der Waals surface area contributed by atoms with Crippen molar-refractivity contribution in [2.45, 2.75) is 51.7 Å². The Balaban J connectivity index is 1.95. The summed E-state index contributed by atoms with van der Waals surface area (Å²) in [6.07, 6.45) is 2.74. The highest BCUT2D eigenvalue weighted by Crippen LogP contribution is 2.20. The number of likely N-dealkylation sites (tertiary alicyclic amines) is 1. The first kappa shape index (κ1) is 18.1. The number of anilines is 1. The van der Waals surface area contributed by atoms with Gasteiger partial charge in [0.2, 0.25) is 0 Å². The molecular weight excluding hydrogens is 304 g/mol. The maximum absolute atomic E-state index is 12.4. The summed E-state index contributed by atoms with van der Waals surface area (Å²) in [4.78, 5) is 18.6. The first-order valence-corrected chi connectivity index (χ1v) is 8.47. The lowest BCUT2D eigenvalue weighted by atomic mass is 10.0. The summed E-state index contributed by atoms with van der Waals surface area (Å²) in [6, 6.07) is 9.69. The van der Waals surface area contributed by atoms with Gasteiger partial charge >= 0.3 is 6.09 Å². The van der Waals surface area contributed by atoms with E-state index in [-0.39, 0.29) is 12.1 Å². The second kappa shape index (κ2) is 8.04. The third-order valence-corrected chi connectivity index (χ3v) is 3.77. The van der Waals surface area contributed by atoms with Crippen LogP contribution in [0, 0.1) is 0 Å². The maximum atomic E-state index is 12.4. The quantitative estimate of drug-likeness (QED) is 0.658. The van der Waals surface area contributed by atoms with Gasteiger partial charge in [-0.25, -0.2) is 4.79 Å². The Labute approximate surface area is 144 Å². The standard InChI is InChI=1S/C18H28N4O2/c1-18(2,3)24-17(23)22-12-8-7-11-15(22)13-20-16(19)21-14-9-5-4-6-10-14/h4-6,9-10,15H,7-8,11-13H2,1-3H3,(H3,19,20,21). The van der Waals surface area contributed by atoms with Crippen LogP contribution in [0.2, 0.25) is 0 Å². The van der Waals surface area contributed by atoms with E-state index < -0.39 is 5.60 Å². The van der Waals surface area contributed by atoms with E-state index in [0.717, 1.165) is 24.9 Å². The summed E-state index contributed by atoms with van der Waals surface area (Å²) in [5.74, 6) is 0.357. The summed E-state index contributed by atoms with van der Waals surface area (Å²) >= 11 is 0. The Morgan fingerprint density at radius 3 is 2.71 bits per heavy atom. The topological polar surface area (TPSA) is 80.0 Å². The third kappa shape index (κ3) is 5.76. The minimum atomic E-state index is -0.490. The number of para-hydroxylation sites is 1. The Morgan fingerprint density at radius 2 is 2.04 bits per heavy atom. The number of carbonyl (C=O) groups is 1. The molecule has 0 spiro atoms. The first-order valence-electron chi connectivity index (χ1n) is 8.47. The summed E-state index contributed by atoms with van der Waals surface area (Å²) in [5.41, 5.74) is 6.36. The lowest BCUT2D eigenvalue weighted by Gasteiger charge is -2.36. The van der Waals surface area contributed by atoms with E-state index in [4.69, 9.17) is 10.5 Å². The van der Waals surface area contributed by atoms with Crippen LogP contribution >= 0.6 is 0 Å². The number of nitrogens with two attached hydrogens (primary N) is 1. The van der Waals surface area contributed by atoms with Gasteiger partial charge in [0.25, 0.3) is 0 Å². The molecule has 1 heterocycles. The molecule has 1 saturated heterocycles. The molecule has 1 aromatic rings. The van der Waals surface area contributed by atoms with Gasteiger partial charge in [0.05, 0.1) is 12.6 Å². The molecule has 2 rings (SSSR count). The average molecular weight is 332 g/mol. The minimum absolute atomic E-state index is 0.0322. The SMILES string of the molecule is CC(C)(C)OC(=O)N1CCCCC1CN=C(N)Nc1ccccc1. The highest BCUT2D eigenvalue weighted by Gasteiger charge is 2.30. The number of aliphatic imine (C=N–C) groups is 1. The van der Waals surface area contributed by atoms with Crippen LogP contribution in [0.3, 0.4) is 0 Å².